The smallest absolute Gasteiger partial charge is 0.0438 e. The monoisotopic (exact) mass is 265 g/mol. The minimum atomic E-state index is 0.150. The fourth-order valence-electron chi connectivity index (χ4n) is 3.12. The van der Waals surface area contributed by atoms with Crippen LogP contribution < -0.4 is 5.73 Å². The molecule has 1 saturated carbocycles. The number of nitrogens with two attached hydrogens (primary N) is 1. The van der Waals surface area contributed by atoms with E-state index < -0.39 is 0 Å². The van der Waals surface area contributed by atoms with Crippen LogP contribution in [0.1, 0.15) is 56.2 Å². The van der Waals surface area contributed by atoms with Gasteiger partial charge in [-0.05, 0) is 48.8 Å². The van der Waals surface area contributed by atoms with Crippen molar-refractivity contribution in [2.24, 2.45) is 17.6 Å². The molecule has 1 aromatic rings. The summed E-state index contributed by atoms with van der Waals surface area (Å²) in [5.74, 6) is 1.50. The third-order valence-corrected chi connectivity index (χ3v) is 4.90. The number of benzene rings is 1. The maximum Gasteiger partial charge on any atom is 0.0438 e. The van der Waals surface area contributed by atoms with E-state index in [4.69, 9.17) is 17.3 Å². The Kier molecular flexibility index (Phi) is 4.69. The summed E-state index contributed by atoms with van der Waals surface area (Å²) in [4.78, 5) is 0. The molecular formula is C16H24ClN. The van der Waals surface area contributed by atoms with Gasteiger partial charge in [-0.3, -0.25) is 0 Å². The van der Waals surface area contributed by atoms with Crippen LogP contribution in [0, 0.1) is 18.8 Å². The normalized spacial score (nSPS) is 26.0. The van der Waals surface area contributed by atoms with E-state index in [2.05, 4.69) is 25.1 Å². The molecule has 2 N–H and O–H groups in total. The Hall–Kier alpha value is -0.530. The van der Waals surface area contributed by atoms with E-state index in [0.717, 1.165) is 16.5 Å². The van der Waals surface area contributed by atoms with E-state index in [9.17, 15) is 0 Å². The van der Waals surface area contributed by atoms with Gasteiger partial charge in [0.2, 0.25) is 0 Å². The molecule has 18 heavy (non-hydrogen) atoms. The molecule has 2 rings (SSSR count). The topological polar surface area (TPSA) is 26.0 Å². The average Bonchev–Trinajstić information content (AvgIpc) is 2.41. The van der Waals surface area contributed by atoms with Crippen LogP contribution in [0.25, 0.3) is 0 Å². The zero-order valence-corrected chi connectivity index (χ0v) is 12.2. The summed E-state index contributed by atoms with van der Waals surface area (Å²) >= 11 is 6.20. The lowest BCUT2D eigenvalue weighted by Crippen LogP contribution is -2.26. The van der Waals surface area contributed by atoms with Crippen LogP contribution in [0.4, 0.5) is 0 Å². The molecule has 0 radical (unpaired) electrons. The molecule has 2 heteroatoms. The van der Waals surface area contributed by atoms with E-state index in [0.29, 0.717) is 5.92 Å². The minimum Gasteiger partial charge on any atom is -0.324 e. The van der Waals surface area contributed by atoms with E-state index in [-0.39, 0.29) is 6.04 Å². The van der Waals surface area contributed by atoms with Crippen molar-refractivity contribution in [3.63, 3.8) is 0 Å². The second kappa shape index (κ2) is 6.08. The van der Waals surface area contributed by atoms with Gasteiger partial charge in [0.1, 0.15) is 0 Å². The first kappa shape index (κ1) is 13.9. The van der Waals surface area contributed by atoms with Gasteiger partial charge in [0.25, 0.3) is 0 Å². The summed E-state index contributed by atoms with van der Waals surface area (Å²) in [6, 6.07) is 6.42. The number of hydrogen-bond acceptors (Lipinski definition) is 1. The molecule has 0 bridgehead atoms. The van der Waals surface area contributed by atoms with Crippen LogP contribution in [0.2, 0.25) is 5.02 Å². The highest BCUT2D eigenvalue weighted by molar-refractivity contribution is 6.31. The number of halogens is 1. The standard InChI is InChI=1S/C16H24ClN/c1-3-12-5-4-6-13(9-12)16(18)14-8-7-11(2)15(17)10-14/h7-8,10,12-13,16H,3-6,9,18H2,1-2H3. The van der Waals surface area contributed by atoms with Gasteiger partial charge < -0.3 is 5.73 Å². The number of rotatable bonds is 3. The lowest BCUT2D eigenvalue weighted by atomic mass is 9.75. The second-order valence-corrected chi connectivity index (χ2v) is 6.14. The Balaban J connectivity index is 2.10. The predicted octanol–water partition coefficient (Wildman–Crippen LogP) is 4.86. The van der Waals surface area contributed by atoms with Crippen molar-refractivity contribution >= 4 is 11.6 Å². The van der Waals surface area contributed by atoms with Crippen LogP contribution in [0.15, 0.2) is 18.2 Å². The first-order chi connectivity index (χ1) is 8.61. The van der Waals surface area contributed by atoms with Gasteiger partial charge in [-0.15, -0.1) is 0 Å². The Bertz CT molecular complexity index is 402. The van der Waals surface area contributed by atoms with Crippen molar-refractivity contribution in [3.8, 4) is 0 Å². The molecule has 0 aliphatic heterocycles. The molecule has 1 aliphatic carbocycles. The van der Waals surface area contributed by atoms with Gasteiger partial charge in [0.15, 0.2) is 0 Å². The van der Waals surface area contributed by atoms with E-state index in [1.165, 1.54) is 37.7 Å². The number of hydrogen-bond donors (Lipinski definition) is 1. The van der Waals surface area contributed by atoms with E-state index in [1.807, 2.05) is 6.92 Å². The zero-order valence-electron chi connectivity index (χ0n) is 11.5. The van der Waals surface area contributed by atoms with Gasteiger partial charge >= 0.3 is 0 Å². The molecule has 0 amide bonds. The van der Waals surface area contributed by atoms with Gasteiger partial charge in [-0.1, -0.05) is 49.9 Å². The van der Waals surface area contributed by atoms with Gasteiger partial charge in [0, 0.05) is 11.1 Å². The first-order valence-corrected chi connectivity index (χ1v) is 7.51. The van der Waals surface area contributed by atoms with E-state index in [1.54, 1.807) is 0 Å². The summed E-state index contributed by atoms with van der Waals surface area (Å²) in [5, 5.41) is 0.839. The molecule has 1 aliphatic rings. The molecule has 3 atom stereocenters. The van der Waals surface area contributed by atoms with Crippen LogP contribution in [-0.4, -0.2) is 0 Å². The zero-order chi connectivity index (χ0) is 13.1. The molecule has 100 valence electrons. The molecular weight excluding hydrogens is 242 g/mol. The summed E-state index contributed by atoms with van der Waals surface area (Å²) in [6.07, 6.45) is 6.55. The largest absolute Gasteiger partial charge is 0.324 e. The third-order valence-electron chi connectivity index (χ3n) is 4.49. The summed E-state index contributed by atoms with van der Waals surface area (Å²) in [7, 11) is 0. The summed E-state index contributed by atoms with van der Waals surface area (Å²) < 4.78 is 0. The molecule has 0 spiro atoms. The fourth-order valence-corrected chi connectivity index (χ4v) is 3.31. The Morgan fingerprint density at radius 3 is 2.83 bits per heavy atom. The number of aryl methyl sites for hydroxylation is 1. The van der Waals surface area contributed by atoms with Crippen LogP contribution >= 0.6 is 11.6 Å². The van der Waals surface area contributed by atoms with Crippen molar-refractivity contribution in [2.75, 3.05) is 0 Å². The molecule has 0 heterocycles. The van der Waals surface area contributed by atoms with Crippen molar-refractivity contribution in [1.82, 2.24) is 0 Å². The maximum atomic E-state index is 6.45. The van der Waals surface area contributed by atoms with E-state index >= 15 is 0 Å². The summed E-state index contributed by atoms with van der Waals surface area (Å²) in [6.45, 7) is 4.33. The quantitative estimate of drug-likeness (QED) is 0.829. The highest BCUT2D eigenvalue weighted by Crippen LogP contribution is 2.37. The average molecular weight is 266 g/mol. The predicted molar refractivity (Wildman–Crippen MR) is 78.9 cm³/mol. The Morgan fingerprint density at radius 1 is 1.39 bits per heavy atom. The van der Waals surface area contributed by atoms with Crippen molar-refractivity contribution in [3.05, 3.63) is 34.3 Å². The molecule has 3 unspecified atom stereocenters. The highest BCUT2D eigenvalue weighted by Gasteiger charge is 2.26. The molecule has 0 saturated heterocycles. The Labute approximate surface area is 116 Å². The third kappa shape index (κ3) is 3.07. The van der Waals surface area contributed by atoms with Gasteiger partial charge in [0.05, 0.1) is 0 Å². The Morgan fingerprint density at radius 2 is 2.17 bits per heavy atom. The molecule has 1 fully saturated rings. The SMILES string of the molecule is CCC1CCCC(C(N)c2ccc(C)c(Cl)c2)C1. The van der Waals surface area contributed by atoms with Crippen LogP contribution in [-0.2, 0) is 0 Å². The molecule has 0 aromatic heterocycles. The highest BCUT2D eigenvalue weighted by atomic mass is 35.5. The van der Waals surface area contributed by atoms with Crippen LogP contribution in [0.3, 0.4) is 0 Å². The molecule has 1 aromatic carbocycles. The van der Waals surface area contributed by atoms with Crippen LogP contribution in [0.5, 0.6) is 0 Å². The lowest BCUT2D eigenvalue weighted by Gasteiger charge is -2.32. The first-order valence-electron chi connectivity index (χ1n) is 7.13. The maximum absolute atomic E-state index is 6.45. The van der Waals surface area contributed by atoms with Gasteiger partial charge in [-0.25, -0.2) is 0 Å². The fraction of sp³-hybridized carbons (Fsp3) is 0.625. The summed E-state index contributed by atoms with van der Waals surface area (Å²) in [5.41, 5.74) is 8.78. The lowest BCUT2D eigenvalue weighted by molar-refractivity contribution is 0.230. The second-order valence-electron chi connectivity index (χ2n) is 5.74. The minimum absolute atomic E-state index is 0.150. The van der Waals surface area contributed by atoms with Crippen molar-refractivity contribution < 1.29 is 0 Å². The van der Waals surface area contributed by atoms with Crippen molar-refractivity contribution in [2.45, 2.75) is 52.0 Å². The molecule has 1 nitrogen and oxygen atoms in total. The van der Waals surface area contributed by atoms with Gasteiger partial charge in [-0.2, -0.15) is 0 Å². The van der Waals surface area contributed by atoms with Crippen molar-refractivity contribution in [1.29, 1.82) is 0 Å².